The smallest absolute Gasteiger partial charge is 0.0857 e. The highest BCUT2D eigenvalue weighted by Gasteiger charge is 1.91. The highest BCUT2D eigenvalue weighted by Crippen LogP contribution is 2.18. The number of hydrogen-bond acceptors (Lipinski definition) is 2. The Morgan fingerprint density at radius 2 is 1.31 bits per heavy atom. The van der Waals surface area contributed by atoms with Crippen LogP contribution < -0.4 is 0 Å². The van der Waals surface area contributed by atoms with Crippen molar-refractivity contribution in [3.8, 4) is 0 Å². The standard InChI is InChI=1S/C14H13N2/c1-2-12-8-10-14(11-9-12)16-15-13-6-4-3-5-7-13/h3-11H,1-2H2/b16-15+. The first-order chi connectivity index (χ1) is 7.88. The maximum atomic E-state index is 4.16. The number of benzene rings is 2. The summed E-state index contributed by atoms with van der Waals surface area (Å²) in [5.41, 5.74) is 2.93. The SMILES string of the molecule is [CH2]Cc1ccc(/N=N/c2ccccc2)cc1. The normalized spacial score (nSPS) is 10.8. The molecule has 2 rings (SSSR count). The highest BCUT2D eigenvalue weighted by atomic mass is 15.1. The Balaban J connectivity index is 2.12. The molecule has 0 amide bonds. The fraction of sp³-hybridized carbons (Fsp3) is 0.0714. The van der Waals surface area contributed by atoms with Crippen LogP contribution in [-0.2, 0) is 6.42 Å². The van der Waals surface area contributed by atoms with Crippen LogP contribution in [0.4, 0.5) is 11.4 Å². The van der Waals surface area contributed by atoms with Gasteiger partial charge in [0.15, 0.2) is 0 Å². The molecule has 0 bridgehead atoms. The first-order valence-electron chi connectivity index (χ1n) is 5.23. The van der Waals surface area contributed by atoms with Crippen LogP contribution in [0.1, 0.15) is 5.56 Å². The molecule has 16 heavy (non-hydrogen) atoms. The van der Waals surface area contributed by atoms with Crippen molar-refractivity contribution >= 4 is 11.4 Å². The van der Waals surface area contributed by atoms with Crippen molar-refractivity contribution in [1.29, 1.82) is 0 Å². The summed E-state index contributed by atoms with van der Waals surface area (Å²) in [6.45, 7) is 3.83. The molecule has 1 radical (unpaired) electrons. The van der Waals surface area contributed by atoms with Gasteiger partial charge in [-0.2, -0.15) is 10.2 Å². The van der Waals surface area contributed by atoms with Gasteiger partial charge in [-0.05, 0) is 43.2 Å². The van der Waals surface area contributed by atoms with Crippen LogP contribution >= 0.6 is 0 Å². The maximum Gasteiger partial charge on any atom is 0.0857 e. The van der Waals surface area contributed by atoms with Crippen LogP contribution in [0.25, 0.3) is 0 Å². The zero-order valence-electron chi connectivity index (χ0n) is 9.00. The summed E-state index contributed by atoms with van der Waals surface area (Å²) in [5.74, 6) is 0. The lowest BCUT2D eigenvalue weighted by atomic mass is 10.2. The molecule has 2 nitrogen and oxygen atoms in total. The molecule has 0 unspecified atom stereocenters. The lowest BCUT2D eigenvalue weighted by molar-refractivity contribution is 1.21. The summed E-state index contributed by atoms with van der Waals surface area (Å²) in [6, 6.07) is 17.6. The minimum absolute atomic E-state index is 0.802. The van der Waals surface area contributed by atoms with E-state index < -0.39 is 0 Å². The van der Waals surface area contributed by atoms with Crippen molar-refractivity contribution in [2.24, 2.45) is 10.2 Å². The summed E-state index contributed by atoms with van der Waals surface area (Å²) in [4.78, 5) is 0. The lowest BCUT2D eigenvalue weighted by Crippen LogP contribution is -1.76. The molecule has 0 aromatic heterocycles. The Kier molecular flexibility index (Phi) is 3.44. The second-order valence-electron chi connectivity index (χ2n) is 3.45. The molecule has 0 aliphatic carbocycles. The van der Waals surface area contributed by atoms with Gasteiger partial charge < -0.3 is 0 Å². The minimum atomic E-state index is 0.802. The van der Waals surface area contributed by atoms with Crippen LogP contribution in [0.15, 0.2) is 64.8 Å². The van der Waals surface area contributed by atoms with Crippen molar-refractivity contribution in [2.45, 2.75) is 6.42 Å². The van der Waals surface area contributed by atoms with E-state index in [0.29, 0.717) is 0 Å². The average molecular weight is 209 g/mol. The third kappa shape index (κ3) is 2.76. The molecule has 0 saturated heterocycles. The first-order valence-corrected chi connectivity index (χ1v) is 5.23. The van der Waals surface area contributed by atoms with Gasteiger partial charge in [-0.3, -0.25) is 0 Å². The van der Waals surface area contributed by atoms with Gasteiger partial charge in [0, 0.05) is 0 Å². The molecule has 79 valence electrons. The predicted octanol–water partition coefficient (Wildman–Crippen LogP) is 4.48. The average Bonchev–Trinajstić information content (AvgIpc) is 2.38. The van der Waals surface area contributed by atoms with Gasteiger partial charge >= 0.3 is 0 Å². The quantitative estimate of drug-likeness (QED) is 0.666. The van der Waals surface area contributed by atoms with Crippen LogP contribution in [0, 0.1) is 6.92 Å². The Bertz CT molecular complexity index is 458. The number of nitrogens with zero attached hydrogens (tertiary/aromatic N) is 2. The second-order valence-corrected chi connectivity index (χ2v) is 3.45. The molecule has 0 N–H and O–H groups in total. The van der Waals surface area contributed by atoms with Gasteiger partial charge in [0.1, 0.15) is 0 Å². The monoisotopic (exact) mass is 209 g/mol. The van der Waals surface area contributed by atoms with E-state index in [2.05, 4.69) is 17.2 Å². The Hall–Kier alpha value is -1.96. The fourth-order valence-corrected chi connectivity index (χ4v) is 1.34. The van der Waals surface area contributed by atoms with Gasteiger partial charge in [-0.25, -0.2) is 0 Å². The lowest BCUT2D eigenvalue weighted by Gasteiger charge is -1.96. The Morgan fingerprint density at radius 3 is 1.88 bits per heavy atom. The van der Waals surface area contributed by atoms with Crippen LogP contribution in [-0.4, -0.2) is 0 Å². The topological polar surface area (TPSA) is 24.7 Å². The van der Waals surface area contributed by atoms with Crippen LogP contribution in [0.2, 0.25) is 0 Å². The molecule has 0 saturated carbocycles. The van der Waals surface area contributed by atoms with E-state index in [9.17, 15) is 0 Å². The predicted molar refractivity (Wildman–Crippen MR) is 66.1 cm³/mol. The van der Waals surface area contributed by atoms with E-state index in [0.717, 1.165) is 17.8 Å². The number of rotatable bonds is 3. The Morgan fingerprint density at radius 1 is 0.750 bits per heavy atom. The van der Waals surface area contributed by atoms with Crippen LogP contribution in [0.5, 0.6) is 0 Å². The van der Waals surface area contributed by atoms with Gasteiger partial charge in [-0.15, -0.1) is 0 Å². The molecule has 0 spiro atoms. The molecular formula is C14H13N2. The summed E-state index contributed by atoms with van der Waals surface area (Å²) in [5, 5.41) is 8.30. The molecule has 2 aromatic rings. The molecule has 2 heteroatoms. The van der Waals surface area contributed by atoms with E-state index in [1.54, 1.807) is 0 Å². The third-order valence-corrected chi connectivity index (χ3v) is 2.26. The molecule has 0 heterocycles. The molecule has 0 fully saturated rings. The minimum Gasteiger partial charge on any atom is -0.151 e. The zero-order valence-corrected chi connectivity index (χ0v) is 9.00. The Labute approximate surface area is 95.7 Å². The number of hydrogen-bond donors (Lipinski definition) is 0. The summed E-state index contributed by atoms with van der Waals surface area (Å²) in [6.07, 6.45) is 0.802. The highest BCUT2D eigenvalue weighted by molar-refractivity contribution is 5.40. The van der Waals surface area contributed by atoms with Crippen molar-refractivity contribution in [1.82, 2.24) is 0 Å². The van der Waals surface area contributed by atoms with Gasteiger partial charge in [0.2, 0.25) is 0 Å². The van der Waals surface area contributed by atoms with Gasteiger partial charge in [-0.1, -0.05) is 30.3 Å². The van der Waals surface area contributed by atoms with E-state index in [1.165, 1.54) is 5.56 Å². The van der Waals surface area contributed by atoms with Gasteiger partial charge in [0.05, 0.1) is 11.4 Å². The van der Waals surface area contributed by atoms with Gasteiger partial charge in [0.25, 0.3) is 0 Å². The van der Waals surface area contributed by atoms with E-state index in [-0.39, 0.29) is 0 Å². The molecule has 0 atom stereocenters. The molecule has 0 aliphatic heterocycles. The molecule has 0 aliphatic rings. The van der Waals surface area contributed by atoms with Crippen molar-refractivity contribution in [3.63, 3.8) is 0 Å². The first kappa shape index (κ1) is 10.6. The summed E-state index contributed by atoms with van der Waals surface area (Å²) < 4.78 is 0. The van der Waals surface area contributed by atoms with E-state index in [4.69, 9.17) is 0 Å². The zero-order chi connectivity index (χ0) is 11.2. The number of azo groups is 1. The summed E-state index contributed by atoms with van der Waals surface area (Å²) in [7, 11) is 0. The molecule has 2 aromatic carbocycles. The second kappa shape index (κ2) is 5.21. The van der Waals surface area contributed by atoms with Crippen molar-refractivity contribution in [2.75, 3.05) is 0 Å². The fourth-order valence-electron chi connectivity index (χ4n) is 1.34. The summed E-state index contributed by atoms with van der Waals surface area (Å²) >= 11 is 0. The molecular weight excluding hydrogens is 196 g/mol. The third-order valence-electron chi connectivity index (χ3n) is 2.26. The van der Waals surface area contributed by atoms with E-state index >= 15 is 0 Å². The maximum absolute atomic E-state index is 4.16. The van der Waals surface area contributed by atoms with Crippen molar-refractivity contribution in [3.05, 3.63) is 67.1 Å². The van der Waals surface area contributed by atoms with Crippen LogP contribution in [0.3, 0.4) is 0 Å². The largest absolute Gasteiger partial charge is 0.151 e. The van der Waals surface area contributed by atoms with E-state index in [1.807, 2.05) is 54.6 Å². The van der Waals surface area contributed by atoms with Crippen molar-refractivity contribution < 1.29 is 0 Å².